The molecule has 0 saturated carbocycles. The number of carbonyl (C=O) groups is 1. The molecule has 1 aromatic rings. The van der Waals surface area contributed by atoms with Crippen LogP contribution in [0.3, 0.4) is 0 Å². The Kier molecular flexibility index (Phi) is 4.88. The smallest absolute Gasteiger partial charge is 0.310 e. The van der Waals surface area contributed by atoms with E-state index >= 15 is 0 Å². The largest absolute Gasteiger partial charge is 0.469 e. The van der Waals surface area contributed by atoms with Gasteiger partial charge in [-0.15, -0.1) is 11.3 Å². The van der Waals surface area contributed by atoms with Crippen LogP contribution in [0, 0.1) is 0 Å². The zero-order valence-electron chi connectivity index (χ0n) is 9.90. The van der Waals surface area contributed by atoms with Crippen LogP contribution in [0.5, 0.6) is 0 Å². The molecule has 17 heavy (non-hydrogen) atoms. The standard InChI is InChI=1S/C12H17NO2S2/c1-15-12(14)6-10-2-3-11(17-10)7-13-9-4-5-16-8-9/h2-3,9,13H,4-8H2,1H3. The van der Waals surface area contributed by atoms with E-state index in [1.807, 2.05) is 17.8 Å². The van der Waals surface area contributed by atoms with Crippen LogP contribution in [0.1, 0.15) is 16.2 Å². The van der Waals surface area contributed by atoms with Gasteiger partial charge in [0.1, 0.15) is 0 Å². The molecule has 1 N–H and O–H groups in total. The highest BCUT2D eigenvalue weighted by molar-refractivity contribution is 7.99. The summed E-state index contributed by atoms with van der Waals surface area (Å²) in [5, 5.41) is 3.55. The minimum Gasteiger partial charge on any atom is -0.469 e. The quantitative estimate of drug-likeness (QED) is 0.832. The third kappa shape index (κ3) is 4.01. The van der Waals surface area contributed by atoms with Gasteiger partial charge in [-0.05, 0) is 24.3 Å². The van der Waals surface area contributed by atoms with Gasteiger partial charge in [-0.2, -0.15) is 11.8 Å². The molecule has 0 radical (unpaired) electrons. The Morgan fingerprint density at radius 2 is 2.35 bits per heavy atom. The highest BCUT2D eigenvalue weighted by Crippen LogP contribution is 2.20. The van der Waals surface area contributed by atoms with E-state index in [0.717, 1.165) is 11.4 Å². The van der Waals surface area contributed by atoms with Crippen LogP contribution >= 0.6 is 23.1 Å². The van der Waals surface area contributed by atoms with E-state index in [1.165, 1.54) is 29.9 Å². The molecule has 1 aromatic heterocycles. The minimum atomic E-state index is -0.168. The Morgan fingerprint density at radius 1 is 1.53 bits per heavy atom. The topological polar surface area (TPSA) is 38.3 Å². The van der Waals surface area contributed by atoms with Gasteiger partial charge in [0, 0.05) is 28.1 Å². The van der Waals surface area contributed by atoms with Crippen molar-refractivity contribution in [1.82, 2.24) is 5.32 Å². The second-order valence-electron chi connectivity index (χ2n) is 4.06. The van der Waals surface area contributed by atoms with E-state index in [1.54, 1.807) is 11.3 Å². The molecule has 2 heterocycles. The fraction of sp³-hybridized carbons (Fsp3) is 0.583. The molecule has 0 aromatic carbocycles. The van der Waals surface area contributed by atoms with Crippen molar-refractivity contribution < 1.29 is 9.53 Å². The Bertz CT molecular complexity index is 372. The molecular formula is C12H17NO2S2. The number of nitrogens with one attached hydrogen (secondary N) is 1. The van der Waals surface area contributed by atoms with Crippen molar-refractivity contribution in [2.75, 3.05) is 18.6 Å². The molecule has 1 unspecified atom stereocenters. The molecule has 0 bridgehead atoms. The average molecular weight is 271 g/mol. The van der Waals surface area contributed by atoms with E-state index in [9.17, 15) is 4.79 Å². The second-order valence-corrected chi connectivity index (χ2v) is 6.47. The molecular weight excluding hydrogens is 254 g/mol. The molecule has 0 amide bonds. The first-order chi connectivity index (χ1) is 8.28. The van der Waals surface area contributed by atoms with Gasteiger partial charge in [0.2, 0.25) is 0 Å². The molecule has 1 aliphatic rings. The Labute approximate surface area is 110 Å². The van der Waals surface area contributed by atoms with Crippen molar-refractivity contribution in [3.8, 4) is 0 Å². The predicted molar refractivity (Wildman–Crippen MR) is 72.6 cm³/mol. The van der Waals surface area contributed by atoms with Gasteiger partial charge in [-0.1, -0.05) is 0 Å². The lowest BCUT2D eigenvalue weighted by Gasteiger charge is -2.09. The molecule has 1 saturated heterocycles. The molecule has 1 atom stereocenters. The van der Waals surface area contributed by atoms with Crippen molar-refractivity contribution in [2.45, 2.75) is 25.4 Å². The summed E-state index contributed by atoms with van der Waals surface area (Å²) in [4.78, 5) is 13.5. The molecule has 1 fully saturated rings. The number of ether oxygens (including phenoxy) is 1. The first-order valence-corrected chi connectivity index (χ1v) is 7.70. The number of rotatable bonds is 5. The summed E-state index contributed by atoms with van der Waals surface area (Å²) >= 11 is 3.70. The van der Waals surface area contributed by atoms with Gasteiger partial charge in [0.15, 0.2) is 0 Å². The third-order valence-electron chi connectivity index (χ3n) is 2.76. The summed E-state index contributed by atoms with van der Waals surface area (Å²) in [6.45, 7) is 0.914. The summed E-state index contributed by atoms with van der Waals surface area (Å²) in [5.41, 5.74) is 0. The van der Waals surface area contributed by atoms with E-state index in [0.29, 0.717) is 12.5 Å². The lowest BCUT2D eigenvalue weighted by Crippen LogP contribution is -2.27. The van der Waals surface area contributed by atoms with Gasteiger partial charge in [-0.25, -0.2) is 0 Å². The van der Waals surface area contributed by atoms with Gasteiger partial charge >= 0.3 is 5.97 Å². The molecule has 3 nitrogen and oxygen atoms in total. The first-order valence-electron chi connectivity index (χ1n) is 5.73. The fourth-order valence-electron chi connectivity index (χ4n) is 1.77. The number of hydrogen-bond donors (Lipinski definition) is 1. The fourth-order valence-corrected chi connectivity index (χ4v) is 3.91. The van der Waals surface area contributed by atoms with E-state index in [-0.39, 0.29) is 5.97 Å². The van der Waals surface area contributed by atoms with Crippen LogP contribution in [0.2, 0.25) is 0 Å². The third-order valence-corrected chi connectivity index (χ3v) is 5.01. The molecule has 94 valence electrons. The van der Waals surface area contributed by atoms with E-state index in [2.05, 4.69) is 16.1 Å². The summed E-state index contributed by atoms with van der Waals surface area (Å²) in [6, 6.07) is 4.77. The normalized spacial score (nSPS) is 19.5. The highest BCUT2D eigenvalue weighted by atomic mass is 32.2. The molecule has 0 aliphatic carbocycles. The monoisotopic (exact) mass is 271 g/mol. The van der Waals surface area contributed by atoms with Crippen LogP contribution in [-0.2, 0) is 22.5 Å². The van der Waals surface area contributed by atoms with Gasteiger partial charge < -0.3 is 10.1 Å². The zero-order chi connectivity index (χ0) is 12.1. The lowest BCUT2D eigenvalue weighted by atomic mass is 10.2. The molecule has 5 heteroatoms. The number of methoxy groups -OCH3 is 1. The average Bonchev–Trinajstić information content (AvgIpc) is 2.97. The number of thiophene rings is 1. The lowest BCUT2D eigenvalue weighted by molar-refractivity contribution is -0.139. The highest BCUT2D eigenvalue weighted by Gasteiger charge is 2.14. The SMILES string of the molecule is COC(=O)Cc1ccc(CNC2CCSC2)s1. The van der Waals surface area contributed by atoms with Gasteiger partial charge in [-0.3, -0.25) is 4.79 Å². The van der Waals surface area contributed by atoms with Crippen LogP contribution in [0.25, 0.3) is 0 Å². The Balaban J connectivity index is 1.79. The second kappa shape index (κ2) is 6.42. The van der Waals surface area contributed by atoms with E-state index in [4.69, 9.17) is 0 Å². The first kappa shape index (κ1) is 12.9. The van der Waals surface area contributed by atoms with Crippen molar-refractivity contribution >= 4 is 29.1 Å². The number of hydrogen-bond acceptors (Lipinski definition) is 5. The van der Waals surface area contributed by atoms with Crippen LogP contribution < -0.4 is 5.32 Å². The van der Waals surface area contributed by atoms with Gasteiger partial charge in [0.25, 0.3) is 0 Å². The van der Waals surface area contributed by atoms with Crippen LogP contribution in [-0.4, -0.2) is 30.6 Å². The maximum atomic E-state index is 11.1. The number of carbonyl (C=O) groups excluding carboxylic acids is 1. The Morgan fingerprint density at radius 3 is 3.06 bits per heavy atom. The van der Waals surface area contributed by atoms with Crippen molar-refractivity contribution in [3.05, 3.63) is 21.9 Å². The van der Waals surface area contributed by atoms with Crippen molar-refractivity contribution in [2.24, 2.45) is 0 Å². The summed E-state index contributed by atoms with van der Waals surface area (Å²) in [5.74, 6) is 2.33. The predicted octanol–water partition coefficient (Wildman–Crippen LogP) is 2.06. The Hall–Kier alpha value is -0.520. The molecule has 0 spiro atoms. The zero-order valence-corrected chi connectivity index (χ0v) is 11.5. The maximum Gasteiger partial charge on any atom is 0.310 e. The summed E-state index contributed by atoms with van der Waals surface area (Å²) < 4.78 is 4.65. The van der Waals surface area contributed by atoms with E-state index < -0.39 is 0 Å². The summed E-state index contributed by atoms with van der Waals surface area (Å²) in [6.07, 6.45) is 1.66. The maximum absolute atomic E-state index is 11.1. The number of esters is 1. The van der Waals surface area contributed by atoms with Crippen molar-refractivity contribution in [3.63, 3.8) is 0 Å². The number of thioether (sulfide) groups is 1. The van der Waals surface area contributed by atoms with Crippen molar-refractivity contribution in [1.29, 1.82) is 0 Å². The van der Waals surface area contributed by atoms with Crippen LogP contribution in [0.4, 0.5) is 0 Å². The molecule has 2 rings (SSSR count). The van der Waals surface area contributed by atoms with Crippen LogP contribution in [0.15, 0.2) is 12.1 Å². The molecule has 1 aliphatic heterocycles. The van der Waals surface area contributed by atoms with Gasteiger partial charge in [0.05, 0.1) is 13.5 Å². The minimum absolute atomic E-state index is 0.168. The summed E-state index contributed by atoms with van der Waals surface area (Å²) in [7, 11) is 1.43.